The number of hydrogen-bond donors (Lipinski definition) is 0. The van der Waals surface area contributed by atoms with Crippen LogP contribution in [0.4, 0.5) is 26.3 Å². The summed E-state index contributed by atoms with van der Waals surface area (Å²) >= 11 is 0. The van der Waals surface area contributed by atoms with Gasteiger partial charge in [0.15, 0.2) is 17.0 Å². The number of nitrogens with zero attached hydrogens (tertiary/aromatic N) is 3. The van der Waals surface area contributed by atoms with Crippen LogP contribution in [0.1, 0.15) is 0 Å². The summed E-state index contributed by atoms with van der Waals surface area (Å²) in [4.78, 5) is 0. The molecule has 1 atom stereocenters. The highest BCUT2D eigenvalue weighted by Gasteiger charge is 2.58. The summed E-state index contributed by atoms with van der Waals surface area (Å²) in [6.45, 7) is 0. The van der Waals surface area contributed by atoms with Crippen LogP contribution in [0.3, 0.4) is 0 Å². The van der Waals surface area contributed by atoms with Gasteiger partial charge in [0.05, 0.1) is 0 Å². The second kappa shape index (κ2) is 5.08. The Labute approximate surface area is 88.9 Å². The van der Waals surface area contributed by atoms with Gasteiger partial charge in [-0.25, -0.2) is 0 Å². The lowest BCUT2D eigenvalue weighted by Gasteiger charge is -2.22. The molecule has 1 aliphatic heterocycles. The van der Waals surface area contributed by atoms with Crippen LogP contribution >= 0.6 is 25.1 Å². The van der Waals surface area contributed by atoms with E-state index in [4.69, 9.17) is 0 Å². The summed E-state index contributed by atoms with van der Waals surface area (Å²) in [6, 6.07) is 0. The summed E-state index contributed by atoms with van der Waals surface area (Å²) in [6.07, 6.45) is -14.9. The maximum absolute atomic E-state index is 12.0. The molecule has 92 valence electrons. The van der Waals surface area contributed by atoms with Gasteiger partial charge in [-0.15, -0.1) is 0 Å². The highest BCUT2D eigenvalue weighted by atomic mass is 31.2. The molecule has 1 rings (SSSR count). The van der Waals surface area contributed by atoms with Gasteiger partial charge in [0.1, 0.15) is 0 Å². The number of hydrogen-bond acceptors (Lipinski definition) is 4. The van der Waals surface area contributed by atoms with Gasteiger partial charge in [0, 0.05) is 0 Å². The smallest absolute Gasteiger partial charge is 0.306 e. The van der Waals surface area contributed by atoms with E-state index < -0.39 is 26.5 Å². The van der Waals surface area contributed by atoms with E-state index in [1.807, 2.05) is 0 Å². The van der Waals surface area contributed by atoms with Crippen molar-refractivity contribution in [1.82, 2.24) is 0 Å². The van der Waals surface area contributed by atoms with Crippen LogP contribution < -0.4 is 0 Å². The number of halogens is 6. The summed E-state index contributed by atoms with van der Waals surface area (Å²) in [5.41, 5.74) is 0. The van der Waals surface area contributed by atoms with Crippen LogP contribution in [0.25, 0.3) is 0 Å². The van der Waals surface area contributed by atoms with E-state index in [0.717, 1.165) is 0 Å². The van der Waals surface area contributed by atoms with Crippen LogP contribution in [-0.4, -0.2) is 18.5 Å². The quantitative estimate of drug-likeness (QED) is 0.532. The highest BCUT2D eigenvalue weighted by Crippen LogP contribution is 2.48. The van der Waals surface area contributed by atoms with Crippen molar-refractivity contribution in [3.05, 3.63) is 0 Å². The monoisotopic (exact) mass is 303 g/mol. The molecule has 1 heterocycles. The van der Waals surface area contributed by atoms with Gasteiger partial charge in [0.25, 0.3) is 6.10 Å². The van der Waals surface area contributed by atoms with Crippen LogP contribution in [0, 0.1) is 0 Å². The molecule has 0 fully saturated rings. The van der Waals surface area contributed by atoms with Gasteiger partial charge in [0.2, 0.25) is 8.09 Å². The molecule has 0 aromatic carbocycles. The molecule has 0 amide bonds. The Morgan fingerprint density at radius 2 is 1.56 bits per heavy atom. The van der Waals surface area contributed by atoms with Gasteiger partial charge in [-0.3, -0.25) is 0 Å². The molecule has 0 radical (unpaired) electrons. The summed E-state index contributed by atoms with van der Waals surface area (Å²) in [5.74, 6) is 0. The van der Waals surface area contributed by atoms with Gasteiger partial charge in [-0.05, 0) is 0 Å². The zero-order valence-corrected chi connectivity index (χ0v) is 9.78. The first-order valence-electron chi connectivity index (χ1n) is 3.40. The van der Waals surface area contributed by atoms with E-state index in [9.17, 15) is 26.3 Å². The lowest BCUT2D eigenvalue weighted by Crippen LogP contribution is -2.42. The molecule has 0 spiro atoms. The van der Waals surface area contributed by atoms with Crippen LogP contribution in [-0.2, 0) is 4.52 Å². The first-order chi connectivity index (χ1) is 7.21. The van der Waals surface area contributed by atoms with Crippen molar-refractivity contribution in [2.24, 2.45) is 13.5 Å². The van der Waals surface area contributed by atoms with Crippen molar-refractivity contribution in [3.8, 4) is 0 Å². The van der Waals surface area contributed by atoms with E-state index in [0.29, 0.717) is 0 Å². The normalized spacial score (nSPS) is 23.3. The Kier molecular flexibility index (Phi) is 4.46. The Balaban J connectivity index is 2.84. The minimum absolute atomic E-state index is 0.0368. The summed E-state index contributed by atoms with van der Waals surface area (Å²) in [5, 5.41) is 0. The first kappa shape index (κ1) is 14.0. The maximum atomic E-state index is 12.0. The largest absolute Gasteiger partial charge is 0.424 e. The standard InChI is InChI=1S/C3H2F6N3OP3/c4-2(5,6)1(3(7,8)9)13-16-11-14-10-15-12-16/h1,16H. The fraction of sp³-hybridized carbons (Fsp3) is 1.00. The predicted molar refractivity (Wildman–Crippen MR) is 46.4 cm³/mol. The molecule has 0 N–H and O–H groups in total. The average molecular weight is 303 g/mol. The third kappa shape index (κ3) is 4.09. The van der Waals surface area contributed by atoms with Crippen LogP contribution in [0.15, 0.2) is 13.5 Å². The molecule has 0 aromatic heterocycles. The topological polar surface area (TPSA) is 46.3 Å². The Bertz CT molecular complexity index is 333. The van der Waals surface area contributed by atoms with E-state index in [-0.39, 0.29) is 17.0 Å². The fourth-order valence-electron chi connectivity index (χ4n) is 0.626. The molecule has 1 aliphatic rings. The number of alkyl halides is 6. The Morgan fingerprint density at radius 1 is 1.00 bits per heavy atom. The maximum Gasteiger partial charge on any atom is 0.424 e. The SMILES string of the molecule is FC(F)(F)C(O[PH]1=NP=NP=N1)C(F)(F)F. The molecule has 0 bridgehead atoms. The van der Waals surface area contributed by atoms with Crippen LogP contribution in [0.5, 0.6) is 0 Å². The summed E-state index contributed by atoms with van der Waals surface area (Å²) < 4.78 is 86.1. The van der Waals surface area contributed by atoms with Gasteiger partial charge in [-0.1, -0.05) is 0 Å². The van der Waals surface area contributed by atoms with E-state index in [1.165, 1.54) is 0 Å². The first-order valence-corrected chi connectivity index (χ1v) is 6.30. The summed E-state index contributed by atoms with van der Waals surface area (Å²) in [7, 11) is -2.75. The highest BCUT2D eigenvalue weighted by molar-refractivity contribution is 7.56. The molecular formula is C3H2F6N3OP3. The van der Waals surface area contributed by atoms with Crippen molar-refractivity contribution >= 4 is 25.1 Å². The van der Waals surface area contributed by atoms with Crippen molar-refractivity contribution in [3.63, 3.8) is 0 Å². The lowest BCUT2D eigenvalue weighted by molar-refractivity contribution is -0.298. The molecule has 0 aromatic rings. The fourth-order valence-corrected chi connectivity index (χ4v) is 3.80. The van der Waals surface area contributed by atoms with Gasteiger partial charge >= 0.3 is 12.4 Å². The molecule has 4 nitrogen and oxygen atoms in total. The predicted octanol–water partition coefficient (Wildman–Crippen LogP) is 4.83. The minimum Gasteiger partial charge on any atom is -0.306 e. The number of rotatable bonds is 2. The molecule has 0 aliphatic carbocycles. The molecule has 16 heavy (non-hydrogen) atoms. The molecular weight excluding hydrogens is 301 g/mol. The molecule has 13 heteroatoms. The van der Waals surface area contributed by atoms with Crippen LogP contribution in [0.2, 0.25) is 0 Å². The van der Waals surface area contributed by atoms with E-state index >= 15 is 0 Å². The zero-order chi connectivity index (χ0) is 12.4. The second-order valence-electron chi connectivity index (χ2n) is 2.33. The third-order valence-electron chi connectivity index (χ3n) is 1.16. The van der Waals surface area contributed by atoms with Crippen molar-refractivity contribution in [1.29, 1.82) is 0 Å². The van der Waals surface area contributed by atoms with Crippen molar-refractivity contribution in [2.75, 3.05) is 0 Å². The molecule has 0 saturated carbocycles. The van der Waals surface area contributed by atoms with Crippen molar-refractivity contribution in [2.45, 2.75) is 18.5 Å². The second-order valence-corrected chi connectivity index (χ2v) is 5.81. The van der Waals surface area contributed by atoms with E-state index in [2.05, 4.69) is 18.1 Å². The minimum atomic E-state index is -5.52. The Morgan fingerprint density at radius 3 is 1.94 bits per heavy atom. The molecule has 0 saturated heterocycles. The lowest BCUT2D eigenvalue weighted by atomic mass is 10.3. The van der Waals surface area contributed by atoms with Gasteiger partial charge < -0.3 is 4.52 Å². The molecule has 1 unspecified atom stereocenters. The zero-order valence-electron chi connectivity index (χ0n) is 6.99. The van der Waals surface area contributed by atoms with E-state index in [1.54, 1.807) is 0 Å². The average Bonchev–Trinajstić information content (AvgIpc) is 2.12. The Hall–Kier alpha value is -0.0300. The third-order valence-corrected chi connectivity index (χ3v) is 4.33. The van der Waals surface area contributed by atoms with Crippen molar-refractivity contribution < 1.29 is 30.9 Å². The van der Waals surface area contributed by atoms with Gasteiger partial charge in [-0.2, -0.15) is 39.9 Å².